The number of aliphatic hydroxyl groups is 14. The fourth-order valence-corrected chi connectivity index (χ4v) is 6.62. The molecule has 4 heterocycles. The summed E-state index contributed by atoms with van der Waals surface area (Å²) < 4.78 is 39.2. The second kappa shape index (κ2) is 18.6. The van der Waals surface area contributed by atoms with Crippen molar-refractivity contribution in [2.75, 3.05) is 26.4 Å². The van der Waals surface area contributed by atoms with Gasteiger partial charge in [-0.1, -0.05) is 0 Å². The van der Waals surface area contributed by atoms with Crippen LogP contribution in [0.15, 0.2) is 0 Å². The molecular formula is C29H49NO24. The number of ether oxygens (including phenoxy) is 7. The summed E-state index contributed by atoms with van der Waals surface area (Å²) in [4.78, 5) is 25.0. The standard InChI is InChI=1S/C29H49NO24/c1-7(35)30-13-17(41)16(40)10(4-32)49-26(13)52-22-12(6-34)50-27(51-21-11(5-33)48-25(45)19(43)18(21)42)20(44)24(22)54-29(28(46)47)2-8(36)14(38)23(53-29)15(39)9(37)3-31/h8-27,31-34,36-45H,2-6H2,1H3,(H,30,35)(H,46,47)/t8-,9+,10+,11+,12+,13+,14+,15+,16-,17+,18+,19+,20+,21+,22-,23+,24+,25+,26-,27-,29-/m0/s1. The minimum absolute atomic E-state index is 0.799. The lowest BCUT2D eigenvalue weighted by Crippen LogP contribution is -2.71. The molecule has 4 aliphatic heterocycles. The number of aliphatic carboxylic acids is 1. The Kier molecular flexibility index (Phi) is 15.4. The van der Waals surface area contributed by atoms with Crippen molar-refractivity contribution in [2.24, 2.45) is 0 Å². The summed E-state index contributed by atoms with van der Waals surface area (Å²) in [5.41, 5.74) is 0. The Morgan fingerprint density at radius 1 is 0.722 bits per heavy atom. The maximum atomic E-state index is 12.9. The first-order valence-electron chi connectivity index (χ1n) is 16.7. The molecule has 0 saturated carbocycles. The number of carboxylic acid groups (broad SMARTS) is 1. The van der Waals surface area contributed by atoms with E-state index >= 15 is 0 Å². The Morgan fingerprint density at radius 3 is 1.85 bits per heavy atom. The lowest BCUT2D eigenvalue weighted by Gasteiger charge is -2.52. The molecule has 25 nitrogen and oxygen atoms in total. The van der Waals surface area contributed by atoms with Crippen LogP contribution in [0.2, 0.25) is 0 Å². The van der Waals surface area contributed by atoms with Gasteiger partial charge in [-0.2, -0.15) is 0 Å². The van der Waals surface area contributed by atoms with Gasteiger partial charge in [0.05, 0.1) is 32.5 Å². The van der Waals surface area contributed by atoms with Crippen LogP contribution < -0.4 is 5.32 Å². The van der Waals surface area contributed by atoms with Crippen LogP contribution in [0.5, 0.6) is 0 Å². The van der Waals surface area contributed by atoms with E-state index in [1.807, 2.05) is 0 Å². The Labute approximate surface area is 305 Å². The first-order valence-corrected chi connectivity index (χ1v) is 16.7. The molecule has 21 atom stereocenters. The van der Waals surface area contributed by atoms with Crippen LogP contribution in [0.25, 0.3) is 0 Å². The predicted molar refractivity (Wildman–Crippen MR) is 163 cm³/mol. The van der Waals surface area contributed by atoms with E-state index in [1.54, 1.807) is 0 Å². The minimum atomic E-state index is -3.22. The van der Waals surface area contributed by atoms with Gasteiger partial charge in [-0.25, -0.2) is 4.79 Å². The van der Waals surface area contributed by atoms with Crippen molar-refractivity contribution in [2.45, 2.75) is 142 Å². The van der Waals surface area contributed by atoms with Crippen molar-refractivity contribution in [3.63, 3.8) is 0 Å². The van der Waals surface area contributed by atoms with Gasteiger partial charge in [0.25, 0.3) is 5.79 Å². The predicted octanol–water partition coefficient (Wildman–Crippen LogP) is -10.4. The number of hydrogen-bond donors (Lipinski definition) is 16. The Hall–Kier alpha value is -1.90. The fraction of sp³-hybridized carbons (Fsp3) is 0.931. The van der Waals surface area contributed by atoms with Crippen molar-refractivity contribution in [3.8, 4) is 0 Å². The van der Waals surface area contributed by atoms with E-state index in [1.165, 1.54) is 0 Å². The van der Waals surface area contributed by atoms with Gasteiger partial charge < -0.3 is 115 Å². The van der Waals surface area contributed by atoms with Gasteiger partial charge >= 0.3 is 5.97 Å². The van der Waals surface area contributed by atoms with Crippen LogP contribution >= 0.6 is 0 Å². The Morgan fingerprint density at radius 2 is 1.30 bits per heavy atom. The molecule has 25 heteroatoms. The molecule has 54 heavy (non-hydrogen) atoms. The quantitative estimate of drug-likeness (QED) is 0.0776. The van der Waals surface area contributed by atoms with Crippen molar-refractivity contribution in [1.29, 1.82) is 0 Å². The number of carbonyl (C=O) groups is 2. The smallest absolute Gasteiger partial charge is 0.364 e. The zero-order chi connectivity index (χ0) is 40.4. The highest BCUT2D eigenvalue weighted by molar-refractivity contribution is 5.76. The van der Waals surface area contributed by atoms with Gasteiger partial charge in [0, 0.05) is 13.3 Å². The monoisotopic (exact) mass is 795 g/mol. The number of rotatable bonds is 14. The highest BCUT2D eigenvalue weighted by atomic mass is 16.8. The van der Waals surface area contributed by atoms with Crippen LogP contribution in [0.1, 0.15) is 13.3 Å². The van der Waals surface area contributed by atoms with Crippen LogP contribution in [0.3, 0.4) is 0 Å². The van der Waals surface area contributed by atoms with E-state index in [2.05, 4.69) is 5.32 Å². The van der Waals surface area contributed by atoms with E-state index in [4.69, 9.17) is 33.2 Å². The molecule has 4 aliphatic rings. The summed E-state index contributed by atoms with van der Waals surface area (Å²) in [5.74, 6) is -6.10. The summed E-state index contributed by atoms with van der Waals surface area (Å²) >= 11 is 0. The van der Waals surface area contributed by atoms with Gasteiger partial charge in [-0.3, -0.25) is 4.79 Å². The SMILES string of the molecule is CC(=O)N[C@H]1[C@H](O[C@@H]2[C@H](O[C@]3(C(=O)O)C[C@H](O)[C@@H](O)[C@H]([C@H](O)[C@H](O)CO)O3)[C@@H](O)[C@H](O[C@H]3[C@H](O)[C@@H](O)[C@H](O)O[C@@H]3CO)O[C@@H]2CO)O[C@H](CO)[C@H](O)[C@@H]1O. The summed E-state index contributed by atoms with van der Waals surface area (Å²) in [5, 5.41) is 158. The molecule has 0 aliphatic carbocycles. The van der Waals surface area contributed by atoms with Crippen LogP contribution in [-0.4, -0.2) is 243 Å². The third-order valence-electron chi connectivity index (χ3n) is 9.57. The zero-order valence-electron chi connectivity index (χ0n) is 28.5. The van der Waals surface area contributed by atoms with E-state index < -0.39 is 173 Å². The molecule has 1 amide bonds. The maximum Gasteiger partial charge on any atom is 0.364 e. The van der Waals surface area contributed by atoms with Gasteiger partial charge in [0.1, 0.15) is 97.6 Å². The highest BCUT2D eigenvalue weighted by Gasteiger charge is 2.61. The van der Waals surface area contributed by atoms with Gasteiger partial charge in [0.15, 0.2) is 18.9 Å². The topological polar surface area (TPSA) is 414 Å². The Balaban J connectivity index is 1.79. The molecule has 0 aromatic heterocycles. The molecule has 314 valence electrons. The van der Waals surface area contributed by atoms with Crippen LogP contribution in [-0.2, 0) is 42.7 Å². The average molecular weight is 796 g/mol. The molecule has 0 radical (unpaired) electrons. The number of amides is 1. The normalized spacial score (nSPS) is 47.1. The van der Waals surface area contributed by atoms with E-state index in [0.29, 0.717) is 0 Å². The van der Waals surface area contributed by atoms with Crippen molar-refractivity contribution in [3.05, 3.63) is 0 Å². The maximum absolute atomic E-state index is 12.9. The van der Waals surface area contributed by atoms with Crippen molar-refractivity contribution < 1.29 is 119 Å². The highest BCUT2D eigenvalue weighted by Crippen LogP contribution is 2.40. The van der Waals surface area contributed by atoms with Gasteiger partial charge in [0.2, 0.25) is 5.91 Å². The lowest BCUT2D eigenvalue weighted by molar-refractivity contribution is -0.403. The third-order valence-corrected chi connectivity index (χ3v) is 9.57. The average Bonchev–Trinajstić information content (AvgIpc) is 3.13. The second-order valence-corrected chi connectivity index (χ2v) is 13.3. The molecular weight excluding hydrogens is 746 g/mol. The molecule has 0 aromatic carbocycles. The molecule has 0 unspecified atom stereocenters. The summed E-state index contributed by atoms with van der Waals surface area (Å²) in [6.45, 7) is -3.11. The first kappa shape index (κ1) is 44.8. The lowest BCUT2D eigenvalue weighted by atomic mass is 9.90. The number of hydrogen-bond acceptors (Lipinski definition) is 23. The van der Waals surface area contributed by atoms with Gasteiger partial charge in [-0.15, -0.1) is 0 Å². The van der Waals surface area contributed by atoms with Crippen molar-refractivity contribution >= 4 is 11.9 Å². The largest absolute Gasteiger partial charge is 0.477 e. The Bertz CT molecular complexity index is 1230. The minimum Gasteiger partial charge on any atom is -0.477 e. The number of carbonyl (C=O) groups excluding carboxylic acids is 1. The van der Waals surface area contributed by atoms with E-state index in [-0.39, 0.29) is 0 Å². The van der Waals surface area contributed by atoms with Gasteiger partial charge in [-0.05, 0) is 0 Å². The molecule has 0 bridgehead atoms. The summed E-state index contributed by atoms with van der Waals surface area (Å²) in [6, 6.07) is -1.67. The number of nitrogens with one attached hydrogen (secondary N) is 1. The zero-order valence-corrected chi connectivity index (χ0v) is 28.5. The molecule has 4 saturated heterocycles. The molecule has 4 fully saturated rings. The summed E-state index contributed by atoms with van der Waals surface area (Å²) in [7, 11) is 0. The fourth-order valence-electron chi connectivity index (χ4n) is 6.62. The second-order valence-electron chi connectivity index (χ2n) is 13.3. The van der Waals surface area contributed by atoms with E-state index in [0.717, 1.165) is 6.92 Å². The molecule has 16 N–H and O–H groups in total. The molecule has 4 rings (SSSR count). The first-order chi connectivity index (χ1) is 25.4. The summed E-state index contributed by atoms with van der Waals surface area (Å²) in [6.07, 6.45) is -39.4. The van der Waals surface area contributed by atoms with Crippen LogP contribution in [0.4, 0.5) is 0 Å². The third kappa shape index (κ3) is 9.12. The van der Waals surface area contributed by atoms with Crippen LogP contribution in [0, 0.1) is 0 Å². The molecule has 0 aromatic rings. The molecule has 0 spiro atoms. The number of carboxylic acids is 1. The van der Waals surface area contributed by atoms with Crippen molar-refractivity contribution in [1.82, 2.24) is 5.32 Å². The number of aliphatic hydroxyl groups excluding tert-OH is 14. The van der Waals surface area contributed by atoms with E-state index in [9.17, 15) is 86.2 Å².